The minimum absolute atomic E-state index is 0.146. The van der Waals surface area contributed by atoms with E-state index in [0.29, 0.717) is 18.7 Å². The highest BCUT2D eigenvalue weighted by Gasteiger charge is 2.11. The Bertz CT molecular complexity index is 727. The summed E-state index contributed by atoms with van der Waals surface area (Å²) in [7, 11) is 0. The maximum absolute atomic E-state index is 12.8. The van der Waals surface area contributed by atoms with Gasteiger partial charge in [-0.2, -0.15) is 0 Å². The molecule has 0 unspecified atom stereocenters. The molecule has 1 heterocycles. The summed E-state index contributed by atoms with van der Waals surface area (Å²) in [4.78, 5) is 23.3. The number of aryl methyl sites for hydroxylation is 2. The molecule has 2 aromatic rings. The van der Waals surface area contributed by atoms with Crippen LogP contribution in [0.5, 0.6) is 0 Å². The molecular weight excluding hydrogens is 359 g/mol. The number of hydrogen-bond acceptors (Lipinski definition) is 6. The molecule has 2 rings (SSSR count). The van der Waals surface area contributed by atoms with Gasteiger partial charge in [0.2, 0.25) is 0 Å². The monoisotopic (exact) mass is 380 g/mol. The van der Waals surface area contributed by atoms with Crippen molar-refractivity contribution in [2.45, 2.75) is 26.0 Å². The first-order valence-corrected chi connectivity index (χ1v) is 9.27. The quantitative estimate of drug-likeness (QED) is 0.674. The van der Waals surface area contributed by atoms with Gasteiger partial charge in [0, 0.05) is 17.9 Å². The van der Waals surface area contributed by atoms with Gasteiger partial charge in [0.05, 0.1) is 11.4 Å². The van der Waals surface area contributed by atoms with Crippen LogP contribution in [0.4, 0.5) is 4.39 Å². The second-order valence-electron chi connectivity index (χ2n) is 5.68. The molecule has 1 aromatic heterocycles. The maximum atomic E-state index is 12.8. The summed E-state index contributed by atoms with van der Waals surface area (Å²) in [6.07, 6.45) is 0.577. The number of amides is 1. The highest BCUT2D eigenvalue weighted by Crippen LogP contribution is 2.19. The van der Waals surface area contributed by atoms with Crippen LogP contribution in [0.1, 0.15) is 22.6 Å². The van der Waals surface area contributed by atoms with E-state index in [9.17, 15) is 14.0 Å². The van der Waals surface area contributed by atoms with E-state index < -0.39 is 5.97 Å². The average molecular weight is 380 g/mol. The first-order valence-electron chi connectivity index (χ1n) is 8.12. The lowest BCUT2D eigenvalue weighted by Gasteiger charge is -2.07. The molecule has 8 heteroatoms. The molecule has 0 bridgehead atoms. The van der Waals surface area contributed by atoms with Gasteiger partial charge in [-0.05, 0) is 38.0 Å². The molecule has 0 saturated carbocycles. The van der Waals surface area contributed by atoms with Crippen molar-refractivity contribution in [3.05, 3.63) is 52.7 Å². The molecular formula is C18H21FN2O4S. The fourth-order valence-corrected chi connectivity index (χ4v) is 3.15. The van der Waals surface area contributed by atoms with E-state index in [1.165, 1.54) is 23.9 Å². The van der Waals surface area contributed by atoms with Crippen molar-refractivity contribution in [3.8, 4) is 0 Å². The minimum Gasteiger partial charge on any atom is -0.455 e. The molecule has 1 N–H and O–H groups in total. The standard InChI is InChI=1S/C18H21FN2O4S/c1-12-16(13(2)25-21-12)10-26-11-18(23)24-9-17(22)20-8-7-14-3-5-15(19)6-4-14/h3-6H,7-11H2,1-2H3,(H,20,22). The molecule has 0 spiro atoms. The third kappa shape index (κ3) is 6.51. The van der Waals surface area contributed by atoms with Gasteiger partial charge >= 0.3 is 5.97 Å². The van der Waals surface area contributed by atoms with E-state index in [1.807, 2.05) is 13.8 Å². The van der Waals surface area contributed by atoms with Crippen molar-refractivity contribution in [2.24, 2.45) is 0 Å². The van der Waals surface area contributed by atoms with Gasteiger partial charge in [-0.25, -0.2) is 4.39 Å². The van der Waals surface area contributed by atoms with Gasteiger partial charge in [0.15, 0.2) is 6.61 Å². The molecule has 1 amide bonds. The van der Waals surface area contributed by atoms with Crippen LogP contribution >= 0.6 is 11.8 Å². The Hall–Kier alpha value is -2.35. The molecule has 26 heavy (non-hydrogen) atoms. The van der Waals surface area contributed by atoms with Crippen LogP contribution in [0.25, 0.3) is 0 Å². The van der Waals surface area contributed by atoms with Crippen molar-refractivity contribution >= 4 is 23.6 Å². The second kappa shape index (κ2) is 9.96. The summed E-state index contributed by atoms with van der Waals surface area (Å²) in [5.41, 5.74) is 2.70. The number of carbonyl (C=O) groups excluding carboxylic acids is 2. The Labute approximate surface area is 155 Å². The van der Waals surface area contributed by atoms with E-state index >= 15 is 0 Å². The smallest absolute Gasteiger partial charge is 0.316 e. The zero-order valence-corrected chi connectivity index (χ0v) is 15.5. The fraction of sp³-hybridized carbons (Fsp3) is 0.389. The molecule has 6 nitrogen and oxygen atoms in total. The topological polar surface area (TPSA) is 81.4 Å². The van der Waals surface area contributed by atoms with Crippen LogP contribution in [0.2, 0.25) is 0 Å². The van der Waals surface area contributed by atoms with E-state index in [4.69, 9.17) is 9.26 Å². The van der Waals surface area contributed by atoms with Crippen LogP contribution < -0.4 is 5.32 Å². The van der Waals surface area contributed by atoms with Crippen LogP contribution in [-0.4, -0.2) is 35.9 Å². The number of nitrogens with one attached hydrogen (secondary N) is 1. The summed E-state index contributed by atoms with van der Waals surface area (Å²) in [6, 6.07) is 6.08. The summed E-state index contributed by atoms with van der Waals surface area (Å²) in [5.74, 6) is 0.375. The number of esters is 1. The van der Waals surface area contributed by atoms with Gasteiger partial charge in [-0.15, -0.1) is 11.8 Å². The van der Waals surface area contributed by atoms with Crippen LogP contribution in [0.15, 0.2) is 28.8 Å². The van der Waals surface area contributed by atoms with Crippen molar-refractivity contribution in [2.75, 3.05) is 18.9 Å². The molecule has 0 saturated heterocycles. The number of nitrogens with zero attached hydrogens (tertiary/aromatic N) is 1. The normalized spacial score (nSPS) is 10.6. The Morgan fingerprint density at radius 1 is 1.27 bits per heavy atom. The highest BCUT2D eigenvalue weighted by atomic mass is 32.2. The van der Waals surface area contributed by atoms with E-state index in [1.54, 1.807) is 12.1 Å². The van der Waals surface area contributed by atoms with Crippen molar-refractivity contribution < 1.29 is 23.2 Å². The number of carbonyl (C=O) groups is 2. The van der Waals surface area contributed by atoms with Crippen LogP contribution in [-0.2, 0) is 26.5 Å². The van der Waals surface area contributed by atoms with E-state index in [0.717, 1.165) is 22.6 Å². The van der Waals surface area contributed by atoms with Gasteiger partial charge in [-0.1, -0.05) is 17.3 Å². The number of thioether (sulfide) groups is 1. The zero-order valence-electron chi connectivity index (χ0n) is 14.7. The Balaban J connectivity index is 1.58. The Morgan fingerprint density at radius 3 is 2.65 bits per heavy atom. The minimum atomic E-state index is -0.449. The molecule has 0 aliphatic heterocycles. The van der Waals surface area contributed by atoms with Crippen molar-refractivity contribution in [1.82, 2.24) is 10.5 Å². The maximum Gasteiger partial charge on any atom is 0.316 e. The largest absolute Gasteiger partial charge is 0.455 e. The zero-order chi connectivity index (χ0) is 18.9. The van der Waals surface area contributed by atoms with Gasteiger partial charge in [0.1, 0.15) is 11.6 Å². The van der Waals surface area contributed by atoms with Crippen LogP contribution in [0.3, 0.4) is 0 Å². The van der Waals surface area contributed by atoms with E-state index in [-0.39, 0.29) is 24.1 Å². The van der Waals surface area contributed by atoms with Crippen LogP contribution in [0, 0.1) is 19.7 Å². The lowest BCUT2D eigenvalue weighted by Crippen LogP contribution is -2.30. The first-order chi connectivity index (χ1) is 12.5. The number of halogens is 1. The third-order valence-corrected chi connectivity index (χ3v) is 4.59. The lowest BCUT2D eigenvalue weighted by atomic mass is 10.1. The van der Waals surface area contributed by atoms with Gasteiger partial charge < -0.3 is 14.6 Å². The molecule has 1 aromatic carbocycles. The van der Waals surface area contributed by atoms with E-state index in [2.05, 4.69) is 10.5 Å². The summed E-state index contributed by atoms with van der Waals surface area (Å²) < 4.78 is 22.8. The summed E-state index contributed by atoms with van der Waals surface area (Å²) in [6.45, 7) is 3.75. The third-order valence-electron chi connectivity index (χ3n) is 3.66. The molecule has 0 aliphatic carbocycles. The fourth-order valence-electron chi connectivity index (χ4n) is 2.18. The van der Waals surface area contributed by atoms with Crippen molar-refractivity contribution in [3.63, 3.8) is 0 Å². The molecule has 140 valence electrons. The molecule has 0 atom stereocenters. The average Bonchev–Trinajstić information content (AvgIpc) is 2.93. The predicted molar refractivity (Wildman–Crippen MR) is 96.2 cm³/mol. The number of ether oxygens (including phenoxy) is 1. The number of aromatic nitrogens is 1. The first kappa shape index (κ1) is 20.0. The molecule has 0 fully saturated rings. The molecule has 0 aliphatic rings. The predicted octanol–water partition coefficient (Wildman–Crippen LogP) is 2.57. The highest BCUT2D eigenvalue weighted by molar-refractivity contribution is 7.99. The summed E-state index contributed by atoms with van der Waals surface area (Å²) in [5, 5.41) is 6.51. The number of hydrogen-bond donors (Lipinski definition) is 1. The second-order valence-corrected chi connectivity index (χ2v) is 6.67. The Morgan fingerprint density at radius 2 is 2.00 bits per heavy atom. The molecule has 0 radical (unpaired) electrons. The number of benzene rings is 1. The van der Waals surface area contributed by atoms with Crippen molar-refractivity contribution in [1.29, 1.82) is 0 Å². The summed E-state index contributed by atoms with van der Waals surface area (Å²) >= 11 is 1.38. The Kier molecular flexibility index (Phi) is 7.65. The number of rotatable bonds is 9. The van der Waals surface area contributed by atoms with Gasteiger partial charge in [-0.3, -0.25) is 9.59 Å². The lowest BCUT2D eigenvalue weighted by molar-refractivity contribution is -0.145. The van der Waals surface area contributed by atoms with Gasteiger partial charge in [0.25, 0.3) is 5.91 Å². The SMILES string of the molecule is Cc1noc(C)c1CSCC(=O)OCC(=O)NCCc1ccc(F)cc1.